The number of ketones is 1. The molecule has 3 aromatic rings. The summed E-state index contributed by atoms with van der Waals surface area (Å²) in [6, 6.07) is 23.4. The number of rotatable bonds is 7. The van der Waals surface area contributed by atoms with E-state index in [1.165, 1.54) is 7.11 Å². The van der Waals surface area contributed by atoms with Gasteiger partial charge in [-0.1, -0.05) is 76.1 Å². The highest BCUT2D eigenvalue weighted by Crippen LogP contribution is 2.20. The average Bonchev–Trinajstić information content (AvgIpc) is 2.80. The Morgan fingerprint density at radius 1 is 0.935 bits per heavy atom. The first-order valence-corrected chi connectivity index (χ1v) is 10.4. The van der Waals surface area contributed by atoms with E-state index >= 15 is 0 Å². The maximum Gasteiger partial charge on any atom is 0.356 e. The van der Waals surface area contributed by atoms with E-state index in [1.807, 2.05) is 54.6 Å². The van der Waals surface area contributed by atoms with E-state index < -0.39 is 5.97 Å². The second kappa shape index (κ2) is 10.7. The van der Waals surface area contributed by atoms with Crippen LogP contribution in [-0.2, 0) is 9.53 Å². The maximum atomic E-state index is 12.6. The van der Waals surface area contributed by atoms with E-state index in [2.05, 4.69) is 26.5 Å². The Morgan fingerprint density at radius 2 is 1.58 bits per heavy atom. The zero-order valence-electron chi connectivity index (χ0n) is 16.5. The largest absolute Gasteiger partial charge is 0.464 e. The van der Waals surface area contributed by atoms with E-state index in [-0.39, 0.29) is 11.5 Å². The third-order valence-electron chi connectivity index (χ3n) is 4.27. The summed E-state index contributed by atoms with van der Waals surface area (Å²) in [4.78, 5) is 24.9. The molecule has 0 atom stereocenters. The lowest BCUT2D eigenvalue weighted by Crippen LogP contribution is -2.21. The van der Waals surface area contributed by atoms with Gasteiger partial charge >= 0.3 is 5.97 Å². The van der Waals surface area contributed by atoms with Gasteiger partial charge in [-0.2, -0.15) is 5.10 Å². The van der Waals surface area contributed by atoms with Crippen molar-refractivity contribution in [3.8, 4) is 0 Å². The molecule has 156 valence electrons. The number of benzene rings is 3. The van der Waals surface area contributed by atoms with E-state index in [1.54, 1.807) is 24.3 Å². The predicted molar refractivity (Wildman–Crippen MR) is 125 cm³/mol. The summed E-state index contributed by atoms with van der Waals surface area (Å²) < 4.78 is 5.65. The van der Waals surface area contributed by atoms with Crippen molar-refractivity contribution < 1.29 is 14.3 Å². The van der Waals surface area contributed by atoms with Crippen LogP contribution in [-0.4, -0.2) is 24.6 Å². The van der Waals surface area contributed by atoms with Crippen molar-refractivity contribution in [1.82, 2.24) is 5.43 Å². The van der Waals surface area contributed by atoms with Gasteiger partial charge in [0.1, 0.15) is 5.70 Å². The molecular weight excluding hydrogens is 480 g/mol. The van der Waals surface area contributed by atoms with Crippen LogP contribution in [0.2, 0.25) is 5.02 Å². The van der Waals surface area contributed by atoms with Crippen LogP contribution in [0.3, 0.4) is 0 Å². The quantitative estimate of drug-likeness (QED) is 0.156. The molecule has 0 amide bonds. The average molecular weight is 498 g/mol. The summed E-state index contributed by atoms with van der Waals surface area (Å²) in [6.45, 7) is 0. The van der Waals surface area contributed by atoms with Crippen molar-refractivity contribution in [2.75, 3.05) is 7.11 Å². The van der Waals surface area contributed by atoms with Gasteiger partial charge < -0.3 is 4.74 Å². The number of carbonyl (C=O) groups excluding carboxylic acids is 2. The molecule has 0 bridgehead atoms. The van der Waals surface area contributed by atoms with Crippen LogP contribution in [0.15, 0.2) is 100 Å². The number of nitrogens with one attached hydrogen (secondary N) is 1. The Labute approximate surface area is 193 Å². The lowest BCUT2D eigenvalue weighted by molar-refractivity contribution is -0.136. The first kappa shape index (κ1) is 22.5. The van der Waals surface area contributed by atoms with Gasteiger partial charge in [0.2, 0.25) is 0 Å². The molecule has 31 heavy (non-hydrogen) atoms. The number of hydrogen-bond donors (Lipinski definition) is 1. The molecule has 3 rings (SSSR count). The molecule has 3 aromatic carbocycles. The number of nitrogens with zero attached hydrogens (tertiary/aromatic N) is 1. The number of carbonyl (C=O) groups is 2. The van der Waals surface area contributed by atoms with E-state index in [0.717, 1.165) is 21.7 Å². The molecule has 0 fully saturated rings. The number of esters is 1. The highest BCUT2D eigenvalue weighted by atomic mass is 79.9. The second-order valence-electron chi connectivity index (χ2n) is 6.34. The minimum absolute atomic E-state index is 0.0945. The van der Waals surface area contributed by atoms with Gasteiger partial charge in [-0.15, -0.1) is 0 Å². The molecule has 0 saturated carbocycles. The molecule has 1 N–H and O–H groups in total. The third kappa shape index (κ3) is 5.90. The van der Waals surface area contributed by atoms with E-state index in [0.29, 0.717) is 16.3 Å². The van der Waals surface area contributed by atoms with Crippen LogP contribution in [0, 0.1) is 0 Å². The molecule has 0 aromatic heterocycles. The standard InChI is InChI=1S/C24H18BrClN2O3/c1-31-24(30)21(15-22(29)16-11-13-18(26)14-12-16)27-28-23(17-7-3-2-4-8-17)19-9-5-6-10-20(19)25/h2-15,27H,1H3. The molecule has 0 unspecified atom stereocenters. The number of ether oxygens (including phenoxy) is 1. The molecular formula is C24H18BrClN2O3. The summed E-state index contributed by atoms with van der Waals surface area (Å²) in [5, 5.41) is 4.96. The normalized spacial score (nSPS) is 11.7. The van der Waals surface area contributed by atoms with Crippen molar-refractivity contribution in [1.29, 1.82) is 0 Å². The summed E-state index contributed by atoms with van der Waals surface area (Å²) >= 11 is 9.41. The van der Waals surface area contributed by atoms with Crippen LogP contribution in [0.1, 0.15) is 21.5 Å². The van der Waals surface area contributed by atoms with Crippen molar-refractivity contribution in [2.24, 2.45) is 5.10 Å². The summed E-state index contributed by atoms with van der Waals surface area (Å²) in [7, 11) is 1.24. The van der Waals surface area contributed by atoms with E-state index in [9.17, 15) is 9.59 Å². The molecule has 0 aliphatic rings. The Hall–Kier alpha value is -3.22. The molecule has 7 heteroatoms. The van der Waals surface area contributed by atoms with Crippen LogP contribution >= 0.6 is 27.5 Å². The van der Waals surface area contributed by atoms with Crippen LogP contribution in [0.25, 0.3) is 0 Å². The number of hydrazone groups is 1. The number of hydrogen-bond acceptors (Lipinski definition) is 5. The molecule has 0 spiro atoms. The van der Waals surface area contributed by atoms with Crippen LogP contribution in [0.5, 0.6) is 0 Å². The van der Waals surface area contributed by atoms with Gasteiger partial charge in [0, 0.05) is 32.3 Å². The van der Waals surface area contributed by atoms with Gasteiger partial charge in [0.15, 0.2) is 5.78 Å². The zero-order chi connectivity index (χ0) is 22.2. The minimum Gasteiger partial charge on any atom is -0.464 e. The Balaban J connectivity index is 2.00. The Bertz CT molecular complexity index is 1140. The lowest BCUT2D eigenvalue weighted by Gasteiger charge is -2.11. The second-order valence-corrected chi connectivity index (χ2v) is 7.63. The molecule has 0 saturated heterocycles. The fourth-order valence-electron chi connectivity index (χ4n) is 2.72. The Morgan fingerprint density at radius 3 is 2.23 bits per heavy atom. The van der Waals surface area contributed by atoms with Gasteiger partial charge in [-0.25, -0.2) is 4.79 Å². The first-order chi connectivity index (χ1) is 15.0. The summed E-state index contributed by atoms with van der Waals surface area (Å²) in [5.41, 5.74) is 5.23. The number of halogens is 2. The molecule has 0 aliphatic carbocycles. The van der Waals surface area contributed by atoms with Crippen LogP contribution in [0.4, 0.5) is 0 Å². The van der Waals surface area contributed by atoms with Gasteiger partial charge in [0.05, 0.1) is 12.8 Å². The number of methoxy groups -OCH3 is 1. The van der Waals surface area contributed by atoms with Gasteiger partial charge in [0.25, 0.3) is 0 Å². The topological polar surface area (TPSA) is 67.8 Å². The zero-order valence-corrected chi connectivity index (χ0v) is 18.9. The predicted octanol–water partition coefficient (Wildman–Crippen LogP) is 5.38. The fraction of sp³-hybridized carbons (Fsp3) is 0.0417. The third-order valence-corrected chi connectivity index (χ3v) is 5.22. The highest BCUT2D eigenvalue weighted by Gasteiger charge is 2.15. The lowest BCUT2D eigenvalue weighted by atomic mass is 10.0. The minimum atomic E-state index is -0.717. The van der Waals surface area contributed by atoms with Crippen molar-refractivity contribution >= 4 is 45.0 Å². The fourth-order valence-corrected chi connectivity index (χ4v) is 3.32. The van der Waals surface area contributed by atoms with E-state index in [4.69, 9.17) is 16.3 Å². The van der Waals surface area contributed by atoms with Crippen molar-refractivity contribution in [2.45, 2.75) is 0 Å². The molecule has 0 radical (unpaired) electrons. The van der Waals surface area contributed by atoms with Gasteiger partial charge in [-0.05, 0) is 30.3 Å². The molecule has 0 heterocycles. The smallest absolute Gasteiger partial charge is 0.356 e. The van der Waals surface area contributed by atoms with Crippen molar-refractivity contribution in [3.05, 3.63) is 117 Å². The molecule has 5 nitrogen and oxygen atoms in total. The monoisotopic (exact) mass is 496 g/mol. The SMILES string of the molecule is COC(=O)C(=CC(=O)c1ccc(Cl)cc1)NN=C(c1ccccc1)c1ccccc1Br. The van der Waals surface area contributed by atoms with Crippen molar-refractivity contribution in [3.63, 3.8) is 0 Å². The highest BCUT2D eigenvalue weighted by molar-refractivity contribution is 9.10. The summed E-state index contributed by atoms with van der Waals surface area (Å²) in [6.07, 6.45) is 1.15. The summed E-state index contributed by atoms with van der Waals surface area (Å²) in [5.74, 6) is -1.10. The van der Waals surface area contributed by atoms with Crippen LogP contribution < -0.4 is 5.43 Å². The first-order valence-electron chi connectivity index (χ1n) is 9.23. The van der Waals surface area contributed by atoms with Gasteiger partial charge in [-0.3, -0.25) is 10.2 Å². The maximum absolute atomic E-state index is 12.6. The molecule has 0 aliphatic heterocycles. The number of allylic oxidation sites excluding steroid dienone is 1. The Kier molecular flexibility index (Phi) is 7.76.